The van der Waals surface area contributed by atoms with Crippen LogP contribution in [-0.4, -0.2) is 34.4 Å². The van der Waals surface area contributed by atoms with Crippen molar-refractivity contribution >= 4 is 22.9 Å². The maximum atomic E-state index is 12.9. The first-order valence-electron chi connectivity index (χ1n) is 10.7. The van der Waals surface area contributed by atoms with E-state index < -0.39 is 0 Å². The van der Waals surface area contributed by atoms with E-state index in [1.54, 1.807) is 0 Å². The van der Waals surface area contributed by atoms with E-state index in [9.17, 15) is 9.59 Å². The molecule has 2 amide bonds. The molecule has 2 aromatic rings. The Morgan fingerprint density at radius 2 is 1.87 bits per heavy atom. The molecule has 0 bridgehead atoms. The van der Waals surface area contributed by atoms with Gasteiger partial charge in [-0.2, -0.15) is 0 Å². The van der Waals surface area contributed by atoms with Crippen molar-refractivity contribution in [3.05, 3.63) is 64.7 Å². The highest BCUT2D eigenvalue weighted by Gasteiger charge is 2.39. The Morgan fingerprint density at radius 3 is 2.53 bits per heavy atom. The number of rotatable bonds is 9. The van der Waals surface area contributed by atoms with E-state index in [4.69, 9.17) is 4.74 Å². The fraction of sp³-hybridized carbons (Fsp3) is 0.440. The van der Waals surface area contributed by atoms with E-state index >= 15 is 0 Å². The molecule has 3 rings (SSSR count). The van der Waals surface area contributed by atoms with Crippen LogP contribution in [0.2, 0.25) is 0 Å². The monoisotopic (exact) mass is 425 g/mol. The molecular formula is C25H31NO3S. The first kappa shape index (κ1) is 22.4. The second-order valence-corrected chi connectivity index (χ2v) is 9.21. The third kappa shape index (κ3) is 5.25. The summed E-state index contributed by atoms with van der Waals surface area (Å²) in [5, 5.41) is -0.461. The van der Waals surface area contributed by atoms with E-state index in [-0.39, 0.29) is 16.4 Å². The molecule has 160 valence electrons. The van der Waals surface area contributed by atoms with Crippen LogP contribution in [0.1, 0.15) is 55.4 Å². The number of aryl methyl sites for hydroxylation is 2. The zero-order valence-electron chi connectivity index (χ0n) is 18.3. The predicted octanol–water partition coefficient (Wildman–Crippen LogP) is 5.76. The quantitative estimate of drug-likeness (QED) is 0.513. The third-order valence-corrected chi connectivity index (χ3v) is 6.57. The van der Waals surface area contributed by atoms with Gasteiger partial charge in [-0.15, -0.1) is 0 Å². The van der Waals surface area contributed by atoms with Crippen LogP contribution in [0.4, 0.5) is 4.79 Å². The Morgan fingerprint density at radius 1 is 1.13 bits per heavy atom. The van der Waals surface area contributed by atoms with Crippen LogP contribution >= 0.6 is 11.8 Å². The number of hydrogen-bond donors (Lipinski definition) is 0. The zero-order valence-corrected chi connectivity index (χ0v) is 19.1. The zero-order chi connectivity index (χ0) is 21.7. The number of thioether (sulfide) groups is 1. The number of ether oxygens (including phenoxy) is 1. The van der Waals surface area contributed by atoms with Gasteiger partial charge in [-0.25, -0.2) is 0 Å². The summed E-state index contributed by atoms with van der Waals surface area (Å²) in [4.78, 5) is 26.8. The van der Waals surface area contributed by atoms with E-state index in [1.807, 2.05) is 32.0 Å². The standard InChI is InChI=1S/C25H31NO3S/c1-5-29-22-14-18(4)20(15-21(22)17(2)3)16-23-24(27)26(25(28)30-23)13-9-12-19-10-7-6-8-11-19/h6-8,10-11,14-15,17,23H,5,9,12-13,16H2,1-4H3/t23-/m0/s1. The van der Waals surface area contributed by atoms with Crippen molar-refractivity contribution in [3.63, 3.8) is 0 Å². The number of imide groups is 1. The van der Waals surface area contributed by atoms with Crippen molar-refractivity contribution in [2.45, 2.75) is 58.1 Å². The smallest absolute Gasteiger partial charge is 0.289 e. The number of carbonyl (C=O) groups excluding carboxylic acids is 2. The summed E-state index contributed by atoms with van der Waals surface area (Å²) in [6.45, 7) is 9.43. The molecule has 0 aromatic heterocycles. The minimum Gasteiger partial charge on any atom is -0.494 e. The Kier molecular flexibility index (Phi) is 7.59. The molecule has 1 atom stereocenters. The molecule has 5 heteroatoms. The summed E-state index contributed by atoms with van der Waals surface area (Å²) >= 11 is 1.17. The molecule has 0 unspecified atom stereocenters. The van der Waals surface area contributed by atoms with Crippen molar-refractivity contribution in [1.29, 1.82) is 0 Å². The van der Waals surface area contributed by atoms with Gasteiger partial charge >= 0.3 is 0 Å². The average Bonchev–Trinajstić information content (AvgIpc) is 2.98. The highest BCUT2D eigenvalue weighted by atomic mass is 32.2. The molecule has 0 N–H and O–H groups in total. The Labute approximate surface area is 184 Å². The highest BCUT2D eigenvalue weighted by Crippen LogP contribution is 2.34. The largest absolute Gasteiger partial charge is 0.494 e. The van der Waals surface area contributed by atoms with Crippen molar-refractivity contribution in [2.75, 3.05) is 13.2 Å². The van der Waals surface area contributed by atoms with Crippen LogP contribution in [0, 0.1) is 6.92 Å². The lowest BCUT2D eigenvalue weighted by Gasteiger charge is -2.18. The molecular weight excluding hydrogens is 394 g/mol. The molecule has 0 spiro atoms. The minimum absolute atomic E-state index is 0.0579. The van der Waals surface area contributed by atoms with Gasteiger partial charge in [0, 0.05) is 6.54 Å². The van der Waals surface area contributed by atoms with Crippen LogP contribution in [0.5, 0.6) is 5.75 Å². The van der Waals surface area contributed by atoms with Gasteiger partial charge in [0.25, 0.3) is 5.24 Å². The van der Waals surface area contributed by atoms with Crippen LogP contribution in [0.15, 0.2) is 42.5 Å². The van der Waals surface area contributed by atoms with E-state index in [1.165, 1.54) is 22.2 Å². The number of hydrogen-bond acceptors (Lipinski definition) is 4. The number of amides is 2. The first-order valence-corrected chi connectivity index (χ1v) is 11.6. The van der Waals surface area contributed by atoms with E-state index in [0.717, 1.165) is 35.3 Å². The van der Waals surface area contributed by atoms with Crippen molar-refractivity contribution in [3.8, 4) is 5.75 Å². The van der Waals surface area contributed by atoms with Gasteiger partial charge in [-0.05, 0) is 67.3 Å². The van der Waals surface area contributed by atoms with Crippen LogP contribution in [0.3, 0.4) is 0 Å². The fourth-order valence-electron chi connectivity index (χ4n) is 3.81. The maximum absolute atomic E-state index is 12.9. The second kappa shape index (κ2) is 10.2. The summed E-state index contributed by atoms with van der Waals surface area (Å²) in [5.74, 6) is 1.18. The minimum atomic E-state index is -0.342. The molecule has 0 aliphatic carbocycles. The Balaban J connectivity index is 1.66. The molecule has 0 saturated carbocycles. The average molecular weight is 426 g/mol. The maximum Gasteiger partial charge on any atom is 0.289 e. The molecule has 1 saturated heterocycles. The highest BCUT2D eigenvalue weighted by molar-refractivity contribution is 8.15. The van der Waals surface area contributed by atoms with Gasteiger partial charge in [0.05, 0.1) is 11.9 Å². The summed E-state index contributed by atoms with van der Waals surface area (Å²) in [6.07, 6.45) is 2.22. The van der Waals surface area contributed by atoms with Crippen molar-refractivity contribution in [1.82, 2.24) is 4.90 Å². The Hall–Kier alpha value is -2.27. The van der Waals surface area contributed by atoms with Gasteiger partial charge in [-0.3, -0.25) is 14.5 Å². The molecule has 0 radical (unpaired) electrons. The topological polar surface area (TPSA) is 46.6 Å². The van der Waals surface area contributed by atoms with E-state index in [2.05, 4.69) is 38.1 Å². The van der Waals surface area contributed by atoms with Crippen LogP contribution < -0.4 is 4.74 Å². The van der Waals surface area contributed by atoms with Crippen LogP contribution in [0.25, 0.3) is 0 Å². The van der Waals surface area contributed by atoms with Gasteiger partial charge in [-0.1, -0.05) is 62.0 Å². The molecule has 30 heavy (non-hydrogen) atoms. The van der Waals surface area contributed by atoms with Gasteiger partial charge in [0.1, 0.15) is 5.75 Å². The molecule has 2 aromatic carbocycles. The summed E-state index contributed by atoms with van der Waals surface area (Å²) < 4.78 is 5.81. The lowest BCUT2D eigenvalue weighted by atomic mass is 9.94. The predicted molar refractivity (Wildman–Crippen MR) is 123 cm³/mol. The summed E-state index contributed by atoms with van der Waals surface area (Å²) in [7, 11) is 0. The van der Waals surface area contributed by atoms with Gasteiger partial charge in [0.15, 0.2) is 0 Å². The van der Waals surface area contributed by atoms with Crippen molar-refractivity contribution in [2.24, 2.45) is 0 Å². The second-order valence-electron chi connectivity index (χ2n) is 8.06. The fourth-order valence-corrected chi connectivity index (χ4v) is 4.86. The Bertz CT molecular complexity index is 895. The molecule has 1 heterocycles. The summed E-state index contributed by atoms with van der Waals surface area (Å²) in [5.41, 5.74) is 4.60. The SMILES string of the molecule is CCOc1cc(C)c(C[C@@H]2SC(=O)N(CCCc3ccccc3)C2=O)cc1C(C)C. The molecule has 4 nitrogen and oxygen atoms in total. The van der Waals surface area contributed by atoms with Crippen LogP contribution in [-0.2, 0) is 17.6 Å². The number of carbonyl (C=O) groups is 2. The third-order valence-electron chi connectivity index (χ3n) is 5.49. The van der Waals surface area contributed by atoms with Crippen molar-refractivity contribution < 1.29 is 14.3 Å². The normalized spacial score (nSPS) is 16.6. The van der Waals surface area contributed by atoms with Gasteiger partial charge < -0.3 is 4.74 Å². The lowest BCUT2D eigenvalue weighted by Crippen LogP contribution is -2.33. The van der Waals surface area contributed by atoms with Gasteiger partial charge in [0.2, 0.25) is 5.91 Å². The molecule has 1 aliphatic heterocycles. The molecule has 1 fully saturated rings. The number of nitrogens with zero attached hydrogens (tertiary/aromatic N) is 1. The molecule has 1 aliphatic rings. The lowest BCUT2D eigenvalue weighted by molar-refractivity contribution is -0.126. The van der Waals surface area contributed by atoms with E-state index in [0.29, 0.717) is 25.5 Å². The number of benzene rings is 2. The first-order chi connectivity index (χ1) is 14.4. The summed E-state index contributed by atoms with van der Waals surface area (Å²) in [6, 6.07) is 14.4.